The molecule has 2 heterocycles. The van der Waals surface area contributed by atoms with E-state index in [0.717, 1.165) is 5.56 Å². The normalized spacial score (nSPS) is 16.9. The number of urea groups is 1. The van der Waals surface area contributed by atoms with Crippen molar-refractivity contribution in [1.82, 2.24) is 20.0 Å². The Morgan fingerprint density at radius 3 is 3.05 bits per heavy atom. The van der Waals surface area contributed by atoms with Gasteiger partial charge in [0.25, 0.3) is 0 Å². The number of hydrogen-bond acceptors (Lipinski definition) is 2. The molecule has 0 spiro atoms. The van der Waals surface area contributed by atoms with E-state index in [1.807, 2.05) is 35.1 Å². The molecule has 5 heteroatoms. The van der Waals surface area contributed by atoms with Crippen LogP contribution in [0.5, 0.6) is 0 Å². The molecule has 5 nitrogen and oxygen atoms in total. The number of nitrogens with zero attached hydrogens (tertiary/aromatic N) is 3. The summed E-state index contributed by atoms with van der Waals surface area (Å²) in [5.74, 6) is 2.42. The number of terminal acetylenes is 1. The zero-order valence-electron chi connectivity index (χ0n) is 11.6. The fourth-order valence-electron chi connectivity index (χ4n) is 2.66. The number of carbonyl (C=O) groups excluding carboxylic acids is 1. The summed E-state index contributed by atoms with van der Waals surface area (Å²) in [4.78, 5) is 13.9. The summed E-state index contributed by atoms with van der Waals surface area (Å²) in [5.41, 5.74) is 2.35. The number of hydrogen-bond donors (Lipinski definition) is 1. The van der Waals surface area contributed by atoms with Crippen LogP contribution in [0.15, 0.2) is 42.7 Å². The zero-order chi connectivity index (χ0) is 14.7. The monoisotopic (exact) mass is 280 g/mol. The van der Waals surface area contributed by atoms with Crippen molar-refractivity contribution < 1.29 is 4.79 Å². The topological polar surface area (TPSA) is 50.2 Å². The minimum atomic E-state index is -0.139. The van der Waals surface area contributed by atoms with Crippen LogP contribution in [0.1, 0.15) is 17.2 Å². The smallest absolute Gasteiger partial charge is 0.318 e. The molecule has 0 aliphatic carbocycles. The Kier molecular flexibility index (Phi) is 3.61. The predicted molar refractivity (Wildman–Crippen MR) is 79.4 cm³/mol. The molecule has 0 radical (unpaired) electrons. The highest BCUT2D eigenvalue weighted by molar-refractivity contribution is 5.75. The molecule has 21 heavy (non-hydrogen) atoms. The Labute approximate surface area is 123 Å². The van der Waals surface area contributed by atoms with E-state index in [-0.39, 0.29) is 18.6 Å². The quantitative estimate of drug-likeness (QED) is 0.850. The fourth-order valence-corrected chi connectivity index (χ4v) is 2.66. The SMILES string of the molecule is C#CCNC(=O)N1Cc2ccccc2[C@@H](n2cccn2)C1. The Balaban J connectivity index is 1.90. The maximum atomic E-state index is 12.2. The van der Waals surface area contributed by atoms with Crippen LogP contribution < -0.4 is 5.32 Å². The van der Waals surface area contributed by atoms with Crippen LogP contribution in [0.25, 0.3) is 0 Å². The van der Waals surface area contributed by atoms with Crippen LogP contribution in [-0.2, 0) is 6.54 Å². The molecule has 1 aliphatic heterocycles. The van der Waals surface area contributed by atoms with E-state index in [4.69, 9.17) is 6.42 Å². The van der Waals surface area contributed by atoms with Crippen molar-refractivity contribution in [2.75, 3.05) is 13.1 Å². The molecule has 1 aromatic carbocycles. The van der Waals surface area contributed by atoms with Crippen molar-refractivity contribution >= 4 is 6.03 Å². The van der Waals surface area contributed by atoms with E-state index in [9.17, 15) is 4.79 Å². The maximum Gasteiger partial charge on any atom is 0.318 e. The molecule has 0 saturated carbocycles. The van der Waals surface area contributed by atoms with Gasteiger partial charge < -0.3 is 10.2 Å². The van der Waals surface area contributed by atoms with E-state index < -0.39 is 0 Å². The molecular weight excluding hydrogens is 264 g/mol. The van der Waals surface area contributed by atoms with Gasteiger partial charge in [-0.25, -0.2) is 4.79 Å². The molecular formula is C16H16N4O. The third-order valence-electron chi connectivity index (χ3n) is 3.64. The van der Waals surface area contributed by atoms with E-state index >= 15 is 0 Å². The Morgan fingerprint density at radius 2 is 2.29 bits per heavy atom. The average Bonchev–Trinajstić information content (AvgIpc) is 3.05. The van der Waals surface area contributed by atoms with Crippen molar-refractivity contribution in [1.29, 1.82) is 0 Å². The van der Waals surface area contributed by atoms with Crippen LogP contribution >= 0.6 is 0 Å². The Bertz CT molecular complexity index is 672. The maximum absolute atomic E-state index is 12.2. The number of amides is 2. The molecule has 106 valence electrons. The third-order valence-corrected chi connectivity index (χ3v) is 3.64. The molecule has 0 unspecified atom stereocenters. The first-order valence-corrected chi connectivity index (χ1v) is 6.83. The molecule has 0 saturated heterocycles. The summed E-state index contributed by atoms with van der Waals surface area (Å²) in [5, 5.41) is 7.04. The van der Waals surface area contributed by atoms with Crippen LogP contribution in [0, 0.1) is 12.3 Å². The molecule has 2 amide bonds. The van der Waals surface area contributed by atoms with Gasteiger partial charge in [0.15, 0.2) is 0 Å². The van der Waals surface area contributed by atoms with Gasteiger partial charge in [-0.1, -0.05) is 30.2 Å². The van der Waals surface area contributed by atoms with Crippen molar-refractivity contribution in [3.8, 4) is 12.3 Å². The second kappa shape index (κ2) is 5.71. The van der Waals surface area contributed by atoms with Gasteiger partial charge in [0.1, 0.15) is 0 Å². The summed E-state index contributed by atoms with van der Waals surface area (Å²) in [6.07, 6.45) is 8.86. The lowest BCUT2D eigenvalue weighted by Gasteiger charge is -2.34. The number of aromatic nitrogens is 2. The van der Waals surface area contributed by atoms with Gasteiger partial charge in [-0.2, -0.15) is 5.10 Å². The van der Waals surface area contributed by atoms with Crippen molar-refractivity contribution in [2.24, 2.45) is 0 Å². The average molecular weight is 280 g/mol. The molecule has 1 N–H and O–H groups in total. The largest absolute Gasteiger partial charge is 0.327 e. The van der Waals surface area contributed by atoms with Crippen LogP contribution in [0.3, 0.4) is 0 Å². The van der Waals surface area contributed by atoms with Gasteiger partial charge in [-0.05, 0) is 17.2 Å². The summed E-state index contributed by atoms with van der Waals surface area (Å²) < 4.78 is 1.89. The van der Waals surface area contributed by atoms with Gasteiger partial charge >= 0.3 is 6.03 Å². The van der Waals surface area contributed by atoms with Gasteiger partial charge in [-0.3, -0.25) is 4.68 Å². The van der Waals surface area contributed by atoms with Crippen molar-refractivity contribution in [3.63, 3.8) is 0 Å². The number of benzene rings is 1. The highest BCUT2D eigenvalue weighted by Gasteiger charge is 2.29. The first kappa shape index (κ1) is 13.3. The number of carbonyl (C=O) groups is 1. The second-order valence-corrected chi connectivity index (χ2v) is 4.94. The van der Waals surface area contributed by atoms with Crippen LogP contribution in [-0.4, -0.2) is 33.8 Å². The minimum absolute atomic E-state index is 0.0292. The Hall–Kier alpha value is -2.74. The van der Waals surface area contributed by atoms with Crippen molar-refractivity contribution in [3.05, 3.63) is 53.9 Å². The zero-order valence-corrected chi connectivity index (χ0v) is 11.6. The highest BCUT2D eigenvalue weighted by Crippen LogP contribution is 2.28. The fraction of sp³-hybridized carbons (Fsp3) is 0.250. The van der Waals surface area contributed by atoms with Gasteiger partial charge in [0.2, 0.25) is 0 Å². The van der Waals surface area contributed by atoms with Crippen LogP contribution in [0.2, 0.25) is 0 Å². The lowest BCUT2D eigenvalue weighted by atomic mass is 9.95. The molecule has 1 atom stereocenters. The third kappa shape index (κ3) is 2.61. The molecule has 0 bridgehead atoms. The predicted octanol–water partition coefficient (Wildman–Crippen LogP) is 1.63. The second-order valence-electron chi connectivity index (χ2n) is 4.94. The number of nitrogens with one attached hydrogen (secondary N) is 1. The van der Waals surface area contributed by atoms with E-state index in [2.05, 4.69) is 22.4 Å². The lowest BCUT2D eigenvalue weighted by molar-refractivity contribution is 0.182. The molecule has 3 rings (SSSR count). The van der Waals surface area contributed by atoms with Gasteiger partial charge in [0.05, 0.1) is 12.6 Å². The summed E-state index contributed by atoms with van der Waals surface area (Å²) >= 11 is 0. The van der Waals surface area contributed by atoms with E-state index in [1.54, 1.807) is 11.1 Å². The standard InChI is InChI=1S/C16H16N4O/c1-2-8-17-16(21)19-11-13-6-3-4-7-14(13)15(12-19)20-10-5-9-18-20/h1,3-7,9-10,15H,8,11-12H2,(H,17,21)/t15-/m0/s1. The van der Waals surface area contributed by atoms with Crippen molar-refractivity contribution in [2.45, 2.75) is 12.6 Å². The number of fused-ring (bicyclic) bond motifs is 1. The van der Waals surface area contributed by atoms with Gasteiger partial charge in [0, 0.05) is 25.5 Å². The van der Waals surface area contributed by atoms with E-state index in [0.29, 0.717) is 13.1 Å². The summed E-state index contributed by atoms with van der Waals surface area (Å²) in [6.45, 7) is 1.41. The molecule has 0 fully saturated rings. The lowest BCUT2D eigenvalue weighted by Crippen LogP contribution is -2.45. The molecule has 1 aliphatic rings. The molecule has 2 aromatic rings. The highest BCUT2D eigenvalue weighted by atomic mass is 16.2. The summed E-state index contributed by atoms with van der Waals surface area (Å²) in [6, 6.07) is 9.93. The first-order chi connectivity index (χ1) is 10.3. The number of rotatable bonds is 2. The Morgan fingerprint density at radius 1 is 1.43 bits per heavy atom. The first-order valence-electron chi connectivity index (χ1n) is 6.83. The minimum Gasteiger partial charge on any atom is -0.327 e. The van der Waals surface area contributed by atoms with E-state index in [1.165, 1.54) is 5.56 Å². The summed E-state index contributed by atoms with van der Waals surface area (Å²) in [7, 11) is 0. The van der Waals surface area contributed by atoms with Gasteiger partial charge in [-0.15, -0.1) is 6.42 Å². The van der Waals surface area contributed by atoms with Crippen LogP contribution in [0.4, 0.5) is 4.79 Å². The molecule has 1 aromatic heterocycles.